The van der Waals surface area contributed by atoms with Crippen molar-refractivity contribution in [2.24, 2.45) is 0 Å². The van der Waals surface area contributed by atoms with Crippen LogP contribution in [0.5, 0.6) is 5.88 Å². The van der Waals surface area contributed by atoms with E-state index in [2.05, 4.69) is 25.6 Å². The lowest BCUT2D eigenvalue weighted by atomic mass is 10.2. The van der Waals surface area contributed by atoms with Crippen LogP contribution in [0, 0.1) is 6.92 Å². The van der Waals surface area contributed by atoms with Crippen LogP contribution in [0.2, 0.25) is 0 Å². The molecular formula is C14H14N4O. The zero-order valence-electron chi connectivity index (χ0n) is 10.9. The van der Waals surface area contributed by atoms with E-state index in [1.54, 1.807) is 13.3 Å². The largest absolute Gasteiger partial charge is 0.481 e. The van der Waals surface area contributed by atoms with Gasteiger partial charge in [0.1, 0.15) is 6.33 Å². The number of fused-ring (bicyclic) bond motifs is 1. The summed E-state index contributed by atoms with van der Waals surface area (Å²) in [7, 11) is 1.62. The van der Waals surface area contributed by atoms with Gasteiger partial charge in [0.15, 0.2) is 0 Å². The topological polar surface area (TPSA) is 52.8 Å². The van der Waals surface area contributed by atoms with Crippen LogP contribution in [0.3, 0.4) is 0 Å². The van der Waals surface area contributed by atoms with Crippen molar-refractivity contribution >= 4 is 11.0 Å². The molecule has 3 aromatic heterocycles. The minimum absolute atomic E-state index is 0.625. The van der Waals surface area contributed by atoms with Gasteiger partial charge in [-0.1, -0.05) is 0 Å². The molecule has 0 N–H and O–H groups in total. The Morgan fingerprint density at radius 2 is 2.11 bits per heavy atom. The summed E-state index contributed by atoms with van der Waals surface area (Å²) in [5, 5.41) is 0. The third-order valence-corrected chi connectivity index (χ3v) is 3.19. The smallest absolute Gasteiger partial charge is 0.219 e. The van der Waals surface area contributed by atoms with Crippen molar-refractivity contribution in [3.63, 3.8) is 0 Å². The fourth-order valence-electron chi connectivity index (χ4n) is 2.15. The van der Waals surface area contributed by atoms with E-state index in [-0.39, 0.29) is 0 Å². The molecule has 3 aromatic rings. The molecule has 0 spiro atoms. The van der Waals surface area contributed by atoms with Gasteiger partial charge in [-0.3, -0.25) is 4.98 Å². The molecule has 0 fully saturated rings. The predicted octanol–water partition coefficient (Wildman–Crippen LogP) is 2.19. The number of ether oxygens (including phenoxy) is 1. The van der Waals surface area contributed by atoms with Crippen molar-refractivity contribution in [3.8, 4) is 5.88 Å². The minimum Gasteiger partial charge on any atom is -0.481 e. The summed E-state index contributed by atoms with van der Waals surface area (Å²) >= 11 is 0. The monoisotopic (exact) mass is 254 g/mol. The first kappa shape index (κ1) is 11.6. The maximum atomic E-state index is 5.22. The average Bonchev–Trinajstić information content (AvgIpc) is 2.85. The molecule has 0 radical (unpaired) electrons. The van der Waals surface area contributed by atoms with E-state index in [1.807, 2.05) is 25.3 Å². The Hall–Kier alpha value is -2.43. The molecule has 5 nitrogen and oxygen atoms in total. The number of methoxy groups -OCH3 is 1. The quantitative estimate of drug-likeness (QED) is 0.719. The van der Waals surface area contributed by atoms with E-state index in [9.17, 15) is 0 Å². The van der Waals surface area contributed by atoms with Crippen LogP contribution in [-0.4, -0.2) is 26.6 Å². The van der Waals surface area contributed by atoms with Crippen LogP contribution >= 0.6 is 0 Å². The van der Waals surface area contributed by atoms with Crippen molar-refractivity contribution < 1.29 is 4.74 Å². The zero-order chi connectivity index (χ0) is 13.2. The normalized spacial score (nSPS) is 10.8. The molecule has 0 saturated carbocycles. The molecule has 5 heteroatoms. The Kier molecular flexibility index (Phi) is 2.87. The summed E-state index contributed by atoms with van der Waals surface area (Å²) < 4.78 is 7.34. The van der Waals surface area contributed by atoms with Crippen molar-refractivity contribution in [3.05, 3.63) is 48.2 Å². The van der Waals surface area contributed by atoms with Gasteiger partial charge in [-0.25, -0.2) is 9.97 Å². The second-order valence-corrected chi connectivity index (χ2v) is 4.31. The average molecular weight is 254 g/mol. The van der Waals surface area contributed by atoms with Crippen LogP contribution in [0.4, 0.5) is 0 Å². The Bertz CT molecular complexity index is 720. The second-order valence-electron chi connectivity index (χ2n) is 4.31. The lowest BCUT2D eigenvalue weighted by Crippen LogP contribution is -2.05. The first-order valence-electron chi connectivity index (χ1n) is 6.04. The first-order valence-corrected chi connectivity index (χ1v) is 6.04. The lowest BCUT2D eigenvalue weighted by Gasteiger charge is -2.09. The van der Waals surface area contributed by atoms with Gasteiger partial charge < -0.3 is 9.30 Å². The van der Waals surface area contributed by atoms with Crippen molar-refractivity contribution in [1.82, 2.24) is 19.5 Å². The van der Waals surface area contributed by atoms with Gasteiger partial charge in [0.2, 0.25) is 5.88 Å². The van der Waals surface area contributed by atoms with Gasteiger partial charge >= 0.3 is 0 Å². The van der Waals surface area contributed by atoms with E-state index in [1.165, 1.54) is 6.33 Å². The fraction of sp³-hybridized carbons (Fsp3) is 0.214. The minimum atomic E-state index is 0.625. The van der Waals surface area contributed by atoms with Gasteiger partial charge in [0.25, 0.3) is 0 Å². The Labute approximate surface area is 110 Å². The number of nitrogens with zero attached hydrogens (tertiary/aromatic N) is 4. The summed E-state index contributed by atoms with van der Waals surface area (Å²) in [5.41, 5.74) is 4.00. The summed E-state index contributed by atoms with van der Waals surface area (Å²) in [6, 6.07) is 5.99. The molecule has 0 aromatic carbocycles. The van der Waals surface area contributed by atoms with Crippen LogP contribution in [-0.2, 0) is 6.54 Å². The molecule has 3 rings (SSSR count). The van der Waals surface area contributed by atoms with E-state index in [0.29, 0.717) is 12.4 Å². The van der Waals surface area contributed by atoms with Gasteiger partial charge in [0.05, 0.1) is 30.4 Å². The maximum absolute atomic E-state index is 5.22. The van der Waals surface area contributed by atoms with Crippen LogP contribution in [0.1, 0.15) is 11.3 Å². The van der Waals surface area contributed by atoms with E-state index < -0.39 is 0 Å². The van der Waals surface area contributed by atoms with Gasteiger partial charge in [-0.2, -0.15) is 0 Å². The SMILES string of the molecule is COc1ncnc(Cn2ccc3ncccc32)c1C. The molecule has 3 heterocycles. The summed E-state index contributed by atoms with van der Waals surface area (Å²) in [6.07, 6.45) is 5.35. The van der Waals surface area contributed by atoms with E-state index in [4.69, 9.17) is 4.74 Å². The number of hydrogen-bond acceptors (Lipinski definition) is 4. The maximum Gasteiger partial charge on any atom is 0.219 e. The predicted molar refractivity (Wildman–Crippen MR) is 72.2 cm³/mol. The van der Waals surface area contributed by atoms with E-state index in [0.717, 1.165) is 22.3 Å². The molecule has 0 bridgehead atoms. The molecule has 0 amide bonds. The highest BCUT2D eigenvalue weighted by Gasteiger charge is 2.09. The fourth-order valence-corrected chi connectivity index (χ4v) is 2.15. The summed E-state index contributed by atoms with van der Waals surface area (Å²) in [5.74, 6) is 0.625. The molecule has 0 aliphatic heterocycles. The standard InChI is InChI=1S/C14H14N4O/c1-10-12(16-9-17-14(10)19-2)8-18-7-5-11-13(18)4-3-6-15-11/h3-7,9H,8H2,1-2H3. The third kappa shape index (κ3) is 2.03. The summed E-state index contributed by atoms with van der Waals surface area (Å²) in [4.78, 5) is 12.8. The van der Waals surface area contributed by atoms with Gasteiger partial charge in [-0.15, -0.1) is 0 Å². The van der Waals surface area contributed by atoms with E-state index >= 15 is 0 Å². The van der Waals surface area contributed by atoms with Gasteiger partial charge in [-0.05, 0) is 25.1 Å². The van der Waals surface area contributed by atoms with Crippen LogP contribution in [0.25, 0.3) is 11.0 Å². The zero-order valence-corrected chi connectivity index (χ0v) is 10.9. The molecule has 0 unspecified atom stereocenters. The Morgan fingerprint density at radius 1 is 1.21 bits per heavy atom. The molecule has 0 aliphatic carbocycles. The molecule has 96 valence electrons. The molecule has 19 heavy (non-hydrogen) atoms. The Balaban J connectivity index is 2.02. The van der Waals surface area contributed by atoms with Gasteiger partial charge in [0, 0.05) is 18.0 Å². The molecular weight excluding hydrogens is 240 g/mol. The lowest BCUT2D eigenvalue weighted by molar-refractivity contribution is 0.392. The highest BCUT2D eigenvalue weighted by Crippen LogP contribution is 2.19. The Morgan fingerprint density at radius 3 is 2.95 bits per heavy atom. The van der Waals surface area contributed by atoms with Crippen LogP contribution in [0.15, 0.2) is 36.9 Å². The van der Waals surface area contributed by atoms with Crippen LogP contribution < -0.4 is 4.74 Å². The number of rotatable bonds is 3. The van der Waals surface area contributed by atoms with Crippen molar-refractivity contribution in [2.75, 3.05) is 7.11 Å². The molecule has 0 atom stereocenters. The second kappa shape index (κ2) is 4.68. The number of hydrogen-bond donors (Lipinski definition) is 0. The van der Waals surface area contributed by atoms with Crippen molar-refractivity contribution in [1.29, 1.82) is 0 Å². The third-order valence-electron chi connectivity index (χ3n) is 3.19. The highest BCUT2D eigenvalue weighted by molar-refractivity contribution is 5.75. The number of pyridine rings is 1. The molecule has 0 saturated heterocycles. The molecule has 0 aliphatic rings. The van der Waals surface area contributed by atoms with Crippen molar-refractivity contribution in [2.45, 2.75) is 13.5 Å². The highest BCUT2D eigenvalue weighted by atomic mass is 16.5. The first-order chi connectivity index (χ1) is 9.29. The number of aromatic nitrogens is 4. The summed E-state index contributed by atoms with van der Waals surface area (Å²) in [6.45, 7) is 2.65.